The molecule has 3 rings (SSSR count). The largest absolute Gasteiger partial charge is 0.497 e. The summed E-state index contributed by atoms with van der Waals surface area (Å²) in [7, 11) is 1.48. The van der Waals surface area contributed by atoms with Gasteiger partial charge in [-0.05, 0) is 46.8 Å². The van der Waals surface area contributed by atoms with Crippen molar-refractivity contribution in [2.24, 2.45) is 0 Å². The van der Waals surface area contributed by atoms with Crippen molar-refractivity contribution in [2.75, 3.05) is 13.7 Å². The van der Waals surface area contributed by atoms with Crippen molar-refractivity contribution in [3.05, 3.63) is 59.9 Å². The molecule has 0 saturated carbocycles. The molecular formula is C19H12F6O2. The summed E-state index contributed by atoms with van der Waals surface area (Å²) in [6, 6.07) is 9.61. The highest BCUT2D eigenvalue weighted by atomic mass is 19.4. The minimum atomic E-state index is -4.79. The van der Waals surface area contributed by atoms with Crippen LogP contribution in [0.2, 0.25) is 0 Å². The first-order valence-electron chi connectivity index (χ1n) is 7.65. The van der Waals surface area contributed by atoms with E-state index in [-0.39, 0.29) is 5.39 Å². The summed E-state index contributed by atoms with van der Waals surface area (Å²) < 4.78 is 88.8. The Bertz CT molecular complexity index is 980. The molecule has 0 spiro atoms. The third-order valence-electron chi connectivity index (χ3n) is 3.84. The molecule has 27 heavy (non-hydrogen) atoms. The molecule has 3 aromatic rings. The average Bonchev–Trinajstić information content (AvgIpc) is 2.60. The van der Waals surface area contributed by atoms with Crippen LogP contribution in [-0.4, -0.2) is 19.9 Å². The molecule has 142 valence electrons. The molecule has 0 aromatic heterocycles. The van der Waals surface area contributed by atoms with Crippen LogP contribution in [0.5, 0.6) is 11.5 Å². The molecule has 0 heterocycles. The Labute approximate surface area is 149 Å². The first-order valence-corrected chi connectivity index (χ1v) is 7.65. The van der Waals surface area contributed by atoms with Gasteiger partial charge in [0.1, 0.15) is 11.6 Å². The summed E-state index contributed by atoms with van der Waals surface area (Å²) >= 11 is 0. The maximum absolute atomic E-state index is 14.5. The fourth-order valence-electron chi connectivity index (χ4n) is 2.63. The van der Waals surface area contributed by atoms with Crippen LogP contribution in [0.1, 0.15) is 0 Å². The van der Waals surface area contributed by atoms with Gasteiger partial charge in [0.2, 0.25) is 0 Å². The minimum absolute atomic E-state index is 0.143. The minimum Gasteiger partial charge on any atom is -0.497 e. The van der Waals surface area contributed by atoms with Gasteiger partial charge in [-0.2, -0.15) is 13.2 Å². The zero-order valence-electron chi connectivity index (χ0n) is 13.8. The van der Waals surface area contributed by atoms with Gasteiger partial charge in [0.25, 0.3) is 0 Å². The van der Waals surface area contributed by atoms with Gasteiger partial charge in [-0.3, -0.25) is 0 Å². The second-order valence-corrected chi connectivity index (χ2v) is 5.69. The molecule has 0 radical (unpaired) electrons. The standard InChI is InChI=1S/C19H12F6O2/c1-26-13-4-2-10(3-5-13)11-6-12-8-15(21)18(27-9-19(23,24)25)17(22)16(12)14(20)7-11/h2-8H,9H2,1H3. The summed E-state index contributed by atoms with van der Waals surface area (Å²) in [5.74, 6) is -4.62. The van der Waals surface area contributed by atoms with Crippen LogP contribution in [0.3, 0.4) is 0 Å². The molecule has 0 atom stereocenters. The van der Waals surface area contributed by atoms with E-state index in [1.165, 1.54) is 13.2 Å². The van der Waals surface area contributed by atoms with Crippen molar-refractivity contribution in [2.45, 2.75) is 6.18 Å². The van der Waals surface area contributed by atoms with E-state index in [2.05, 4.69) is 4.74 Å². The van der Waals surface area contributed by atoms with E-state index < -0.39 is 41.4 Å². The molecule has 8 heteroatoms. The molecule has 0 saturated heterocycles. The van der Waals surface area contributed by atoms with Crippen LogP contribution in [0.25, 0.3) is 21.9 Å². The summed E-state index contributed by atoms with van der Waals surface area (Å²) in [6.07, 6.45) is -4.79. The van der Waals surface area contributed by atoms with Gasteiger partial charge in [0.05, 0.1) is 12.5 Å². The summed E-state index contributed by atoms with van der Waals surface area (Å²) in [4.78, 5) is 0. The molecule has 0 aliphatic rings. The van der Waals surface area contributed by atoms with E-state index in [4.69, 9.17) is 4.74 Å². The number of ether oxygens (including phenoxy) is 2. The van der Waals surface area contributed by atoms with Crippen molar-refractivity contribution in [1.29, 1.82) is 0 Å². The van der Waals surface area contributed by atoms with Crippen LogP contribution < -0.4 is 9.47 Å². The Balaban J connectivity index is 2.08. The van der Waals surface area contributed by atoms with Gasteiger partial charge in [0, 0.05) is 0 Å². The van der Waals surface area contributed by atoms with Crippen LogP contribution >= 0.6 is 0 Å². The Hall–Kier alpha value is -2.90. The highest BCUT2D eigenvalue weighted by Gasteiger charge is 2.30. The Morgan fingerprint density at radius 2 is 1.52 bits per heavy atom. The smallest absolute Gasteiger partial charge is 0.422 e. The number of methoxy groups -OCH3 is 1. The van der Waals surface area contributed by atoms with E-state index in [1.807, 2.05) is 0 Å². The lowest BCUT2D eigenvalue weighted by Gasteiger charge is -2.13. The van der Waals surface area contributed by atoms with Gasteiger partial charge >= 0.3 is 6.18 Å². The van der Waals surface area contributed by atoms with E-state index in [9.17, 15) is 26.3 Å². The fraction of sp³-hybridized carbons (Fsp3) is 0.158. The van der Waals surface area contributed by atoms with Crippen LogP contribution in [-0.2, 0) is 0 Å². The number of halogens is 6. The van der Waals surface area contributed by atoms with E-state index in [0.717, 1.165) is 12.1 Å². The Morgan fingerprint density at radius 3 is 2.11 bits per heavy atom. The van der Waals surface area contributed by atoms with Gasteiger partial charge in [0.15, 0.2) is 24.0 Å². The first-order chi connectivity index (χ1) is 12.7. The monoisotopic (exact) mass is 386 g/mol. The Kier molecular flexibility index (Phi) is 4.91. The zero-order chi connectivity index (χ0) is 19.8. The van der Waals surface area contributed by atoms with E-state index in [1.54, 1.807) is 24.3 Å². The number of fused-ring (bicyclic) bond motifs is 1. The van der Waals surface area contributed by atoms with Crippen molar-refractivity contribution in [3.8, 4) is 22.6 Å². The van der Waals surface area contributed by atoms with Gasteiger partial charge in [-0.15, -0.1) is 0 Å². The molecule has 3 aromatic carbocycles. The van der Waals surface area contributed by atoms with Gasteiger partial charge < -0.3 is 9.47 Å². The number of rotatable bonds is 4. The average molecular weight is 386 g/mol. The third kappa shape index (κ3) is 3.94. The van der Waals surface area contributed by atoms with Crippen molar-refractivity contribution in [1.82, 2.24) is 0 Å². The topological polar surface area (TPSA) is 18.5 Å². The fourth-order valence-corrected chi connectivity index (χ4v) is 2.63. The molecule has 0 aliphatic carbocycles. The first kappa shape index (κ1) is 18.9. The molecule has 0 aliphatic heterocycles. The summed E-state index contributed by atoms with van der Waals surface area (Å²) in [6.45, 7) is -1.89. The normalized spacial score (nSPS) is 11.7. The molecule has 0 N–H and O–H groups in total. The predicted molar refractivity (Wildman–Crippen MR) is 87.4 cm³/mol. The third-order valence-corrected chi connectivity index (χ3v) is 3.84. The zero-order valence-corrected chi connectivity index (χ0v) is 13.8. The lowest BCUT2D eigenvalue weighted by molar-refractivity contribution is -0.154. The molecule has 0 bridgehead atoms. The number of hydrogen-bond donors (Lipinski definition) is 0. The highest BCUT2D eigenvalue weighted by Crippen LogP contribution is 2.35. The van der Waals surface area contributed by atoms with Gasteiger partial charge in [-0.25, -0.2) is 13.2 Å². The molecule has 0 unspecified atom stereocenters. The van der Waals surface area contributed by atoms with E-state index >= 15 is 0 Å². The van der Waals surface area contributed by atoms with Crippen LogP contribution in [0, 0.1) is 17.5 Å². The van der Waals surface area contributed by atoms with Crippen LogP contribution in [0.4, 0.5) is 26.3 Å². The lowest BCUT2D eigenvalue weighted by atomic mass is 10.00. The van der Waals surface area contributed by atoms with Crippen LogP contribution in [0.15, 0.2) is 42.5 Å². The summed E-state index contributed by atoms with van der Waals surface area (Å²) in [5, 5.41) is -0.791. The van der Waals surface area contributed by atoms with E-state index in [0.29, 0.717) is 16.9 Å². The Morgan fingerprint density at radius 1 is 0.852 bits per heavy atom. The predicted octanol–water partition coefficient (Wildman–Crippen LogP) is 5.87. The number of hydrogen-bond acceptors (Lipinski definition) is 2. The molecule has 0 fully saturated rings. The quantitative estimate of drug-likeness (QED) is 0.522. The second kappa shape index (κ2) is 7.02. The van der Waals surface area contributed by atoms with Crippen molar-refractivity contribution < 1.29 is 35.8 Å². The SMILES string of the molecule is COc1ccc(-c2cc(F)c3c(F)c(OCC(F)(F)F)c(F)cc3c2)cc1. The summed E-state index contributed by atoms with van der Waals surface area (Å²) in [5.41, 5.74) is 0.903. The second-order valence-electron chi connectivity index (χ2n) is 5.69. The maximum atomic E-state index is 14.5. The molecule has 2 nitrogen and oxygen atoms in total. The number of benzene rings is 3. The molecule has 0 amide bonds. The van der Waals surface area contributed by atoms with Crippen molar-refractivity contribution in [3.63, 3.8) is 0 Å². The highest BCUT2D eigenvalue weighted by molar-refractivity contribution is 5.89. The number of alkyl halides is 3. The van der Waals surface area contributed by atoms with Crippen molar-refractivity contribution >= 4 is 10.8 Å². The lowest BCUT2D eigenvalue weighted by Crippen LogP contribution is -2.20. The maximum Gasteiger partial charge on any atom is 0.422 e. The molecular weight excluding hydrogens is 374 g/mol. The van der Waals surface area contributed by atoms with Gasteiger partial charge in [-0.1, -0.05) is 12.1 Å².